The van der Waals surface area contributed by atoms with Gasteiger partial charge in [0.15, 0.2) is 0 Å². The van der Waals surface area contributed by atoms with Gasteiger partial charge >= 0.3 is 0 Å². The molecule has 17 heavy (non-hydrogen) atoms. The molecular formula is C13H13N3S. The average Bonchev–Trinajstić information content (AvgIpc) is 2.72. The van der Waals surface area contributed by atoms with Crippen LogP contribution in [0.25, 0.3) is 0 Å². The number of nitrogens with zero attached hydrogens (tertiary/aromatic N) is 2. The summed E-state index contributed by atoms with van der Waals surface area (Å²) in [7, 11) is 0. The van der Waals surface area contributed by atoms with Crippen LogP contribution in [-0.4, -0.2) is 4.98 Å². The Morgan fingerprint density at radius 2 is 2.35 bits per heavy atom. The van der Waals surface area contributed by atoms with Crippen LogP contribution >= 0.6 is 11.3 Å². The first-order chi connectivity index (χ1) is 8.20. The Morgan fingerprint density at radius 1 is 1.53 bits per heavy atom. The van der Waals surface area contributed by atoms with Crippen molar-refractivity contribution in [3.8, 4) is 6.07 Å². The van der Waals surface area contributed by atoms with Gasteiger partial charge in [0, 0.05) is 16.8 Å². The molecule has 0 amide bonds. The highest BCUT2D eigenvalue weighted by atomic mass is 32.1. The minimum absolute atomic E-state index is 0.333. The van der Waals surface area contributed by atoms with Crippen molar-refractivity contribution < 1.29 is 0 Å². The fourth-order valence-corrected chi connectivity index (χ4v) is 2.62. The summed E-state index contributed by atoms with van der Waals surface area (Å²) in [6, 6.07) is 9.89. The van der Waals surface area contributed by atoms with Crippen molar-refractivity contribution in [3.63, 3.8) is 0 Å². The van der Waals surface area contributed by atoms with E-state index in [1.54, 1.807) is 6.20 Å². The van der Waals surface area contributed by atoms with Gasteiger partial charge in [0.1, 0.15) is 11.1 Å². The molecule has 0 bridgehead atoms. The van der Waals surface area contributed by atoms with Gasteiger partial charge in [0.2, 0.25) is 0 Å². The van der Waals surface area contributed by atoms with Gasteiger partial charge < -0.3 is 5.73 Å². The first kappa shape index (κ1) is 11.6. The molecule has 4 heteroatoms. The third kappa shape index (κ3) is 2.63. The highest BCUT2D eigenvalue weighted by molar-refractivity contribution is 7.16. The van der Waals surface area contributed by atoms with E-state index in [0.717, 1.165) is 17.0 Å². The zero-order chi connectivity index (χ0) is 12.3. The second-order valence-electron chi connectivity index (χ2n) is 3.96. The lowest BCUT2D eigenvalue weighted by atomic mass is 10.0. The Labute approximate surface area is 105 Å². The van der Waals surface area contributed by atoms with Gasteiger partial charge in [0.25, 0.3) is 0 Å². The molecular weight excluding hydrogens is 230 g/mol. The van der Waals surface area contributed by atoms with Crippen molar-refractivity contribution >= 4 is 16.3 Å². The van der Waals surface area contributed by atoms with E-state index < -0.39 is 0 Å². The Bertz CT molecular complexity index is 540. The second kappa shape index (κ2) is 4.98. The number of hydrogen-bond donors (Lipinski definition) is 1. The summed E-state index contributed by atoms with van der Waals surface area (Å²) in [4.78, 5) is 5.45. The first-order valence-corrected chi connectivity index (χ1v) is 6.21. The molecule has 2 heterocycles. The van der Waals surface area contributed by atoms with Crippen LogP contribution in [-0.2, 0) is 6.42 Å². The quantitative estimate of drug-likeness (QED) is 0.901. The lowest BCUT2D eigenvalue weighted by Crippen LogP contribution is -1.97. The summed E-state index contributed by atoms with van der Waals surface area (Å²) in [5, 5.41) is 9.47. The summed E-state index contributed by atoms with van der Waals surface area (Å²) < 4.78 is 0. The predicted octanol–water partition coefficient (Wildman–Crippen LogP) is 2.94. The fraction of sp³-hybridized carbons (Fsp3) is 0.231. The van der Waals surface area contributed by atoms with E-state index in [4.69, 9.17) is 11.0 Å². The maximum absolute atomic E-state index is 8.87. The Morgan fingerprint density at radius 3 is 2.94 bits per heavy atom. The van der Waals surface area contributed by atoms with Crippen LogP contribution in [0, 0.1) is 11.3 Å². The lowest BCUT2D eigenvalue weighted by molar-refractivity contribution is 0.755. The van der Waals surface area contributed by atoms with Gasteiger partial charge in [-0.1, -0.05) is 13.0 Å². The zero-order valence-electron chi connectivity index (χ0n) is 9.55. The van der Waals surface area contributed by atoms with Crippen LogP contribution in [0.15, 0.2) is 30.5 Å². The summed E-state index contributed by atoms with van der Waals surface area (Å²) in [5.41, 5.74) is 7.41. The van der Waals surface area contributed by atoms with Crippen molar-refractivity contribution in [2.45, 2.75) is 19.3 Å². The number of hydrogen-bond acceptors (Lipinski definition) is 4. The molecule has 0 spiro atoms. The number of nitrogen functional groups attached to an aromatic ring is 1. The van der Waals surface area contributed by atoms with E-state index in [2.05, 4.69) is 18.0 Å². The molecule has 86 valence electrons. The Hall–Kier alpha value is -1.86. The number of nitriles is 1. The van der Waals surface area contributed by atoms with Gasteiger partial charge in [0.05, 0.1) is 5.56 Å². The number of nitrogens with two attached hydrogens (primary N) is 1. The molecule has 2 N–H and O–H groups in total. The van der Waals surface area contributed by atoms with E-state index in [1.165, 1.54) is 11.3 Å². The summed E-state index contributed by atoms with van der Waals surface area (Å²) in [5.74, 6) is 0.333. The molecule has 0 saturated carbocycles. The third-order valence-electron chi connectivity index (χ3n) is 2.63. The normalized spacial score (nSPS) is 12.0. The smallest absolute Gasteiger partial charge is 0.104 e. The molecule has 0 saturated heterocycles. The van der Waals surface area contributed by atoms with Gasteiger partial charge in [-0.3, -0.25) is 4.98 Å². The SMILES string of the molecule is CC(Cc1ccccn1)c1cc(C#N)c(N)s1. The zero-order valence-corrected chi connectivity index (χ0v) is 10.4. The monoisotopic (exact) mass is 243 g/mol. The minimum Gasteiger partial charge on any atom is -0.389 e. The fourth-order valence-electron chi connectivity index (χ4n) is 1.69. The average molecular weight is 243 g/mol. The summed E-state index contributed by atoms with van der Waals surface area (Å²) >= 11 is 1.49. The standard InChI is InChI=1S/C13H13N3S/c1-9(6-11-4-2-3-5-16-11)12-7-10(8-14)13(15)17-12/h2-5,7,9H,6,15H2,1H3. The van der Waals surface area contributed by atoms with Crippen LogP contribution in [0.1, 0.15) is 29.0 Å². The maximum Gasteiger partial charge on any atom is 0.104 e. The van der Waals surface area contributed by atoms with Gasteiger partial charge in [-0.15, -0.1) is 11.3 Å². The highest BCUT2D eigenvalue weighted by Gasteiger charge is 2.13. The van der Waals surface area contributed by atoms with Crippen molar-refractivity contribution in [2.75, 3.05) is 5.73 Å². The summed E-state index contributed by atoms with van der Waals surface area (Å²) in [6.07, 6.45) is 2.66. The van der Waals surface area contributed by atoms with Crippen molar-refractivity contribution in [1.82, 2.24) is 4.98 Å². The number of thiophene rings is 1. The van der Waals surface area contributed by atoms with E-state index in [1.807, 2.05) is 24.3 Å². The molecule has 2 aromatic heterocycles. The Balaban J connectivity index is 2.15. The van der Waals surface area contributed by atoms with E-state index in [9.17, 15) is 0 Å². The molecule has 1 atom stereocenters. The van der Waals surface area contributed by atoms with E-state index >= 15 is 0 Å². The molecule has 0 fully saturated rings. The third-order valence-corrected chi connectivity index (χ3v) is 3.82. The molecule has 1 unspecified atom stereocenters. The summed E-state index contributed by atoms with van der Waals surface area (Å²) in [6.45, 7) is 2.13. The van der Waals surface area contributed by atoms with Crippen molar-refractivity contribution in [3.05, 3.63) is 46.6 Å². The molecule has 0 aliphatic rings. The van der Waals surface area contributed by atoms with Crippen LogP contribution in [0.5, 0.6) is 0 Å². The Kier molecular flexibility index (Phi) is 3.40. The van der Waals surface area contributed by atoms with Gasteiger partial charge in [-0.05, 0) is 30.5 Å². The molecule has 0 radical (unpaired) electrons. The van der Waals surface area contributed by atoms with Crippen molar-refractivity contribution in [1.29, 1.82) is 5.26 Å². The molecule has 0 aromatic carbocycles. The van der Waals surface area contributed by atoms with Gasteiger partial charge in [-0.2, -0.15) is 5.26 Å². The molecule has 3 nitrogen and oxygen atoms in total. The molecule has 0 aliphatic heterocycles. The topological polar surface area (TPSA) is 62.7 Å². The number of anilines is 1. The maximum atomic E-state index is 8.87. The molecule has 0 aliphatic carbocycles. The lowest BCUT2D eigenvalue weighted by Gasteiger charge is -2.07. The minimum atomic E-state index is 0.333. The van der Waals surface area contributed by atoms with Crippen LogP contribution < -0.4 is 5.73 Å². The van der Waals surface area contributed by atoms with Crippen molar-refractivity contribution in [2.24, 2.45) is 0 Å². The van der Waals surface area contributed by atoms with Crippen LogP contribution in [0.3, 0.4) is 0 Å². The van der Waals surface area contributed by atoms with Crippen LogP contribution in [0.2, 0.25) is 0 Å². The first-order valence-electron chi connectivity index (χ1n) is 5.40. The predicted molar refractivity (Wildman–Crippen MR) is 69.8 cm³/mol. The number of aromatic nitrogens is 1. The van der Waals surface area contributed by atoms with Crippen LogP contribution in [0.4, 0.5) is 5.00 Å². The largest absolute Gasteiger partial charge is 0.389 e. The van der Waals surface area contributed by atoms with E-state index in [0.29, 0.717) is 16.5 Å². The number of pyridine rings is 1. The van der Waals surface area contributed by atoms with Gasteiger partial charge in [-0.25, -0.2) is 0 Å². The molecule has 2 aromatic rings. The molecule has 2 rings (SSSR count). The highest BCUT2D eigenvalue weighted by Crippen LogP contribution is 2.31. The second-order valence-corrected chi connectivity index (χ2v) is 5.08. The van der Waals surface area contributed by atoms with E-state index in [-0.39, 0.29) is 0 Å². The number of rotatable bonds is 3.